The largest absolute Gasteiger partial charge is 0.370 e. The average molecular weight is 205 g/mol. The van der Waals surface area contributed by atoms with E-state index in [4.69, 9.17) is 0 Å². The first kappa shape index (κ1) is 11.1. The van der Waals surface area contributed by atoms with Gasteiger partial charge in [-0.05, 0) is 0 Å². The van der Waals surface area contributed by atoms with E-state index in [0.29, 0.717) is 11.1 Å². The highest BCUT2D eigenvalue weighted by Gasteiger charge is 2.25. The highest BCUT2D eigenvalue weighted by atomic mass is 16.2. The van der Waals surface area contributed by atoms with Crippen molar-refractivity contribution in [3.8, 4) is 0 Å². The highest BCUT2D eigenvalue weighted by Crippen LogP contribution is 2.20. The third-order valence-corrected chi connectivity index (χ3v) is 1.85. The maximum absolute atomic E-state index is 11.1. The molecule has 15 heavy (non-hydrogen) atoms. The standard InChI is InChI=1S/C9H6O2.C2H5NO/c10-8-5-9(11)7-4-2-1-3-6(7)8;1-2(3)4/h1-4H,5H2;1H3,(H2,3,4). The Kier molecular flexibility index (Phi) is 3.33. The number of nitrogens with two attached hydrogens (primary N) is 1. The molecule has 78 valence electrons. The number of rotatable bonds is 0. The maximum atomic E-state index is 11.1. The Bertz CT molecular complexity index is 387. The number of benzene rings is 1. The van der Waals surface area contributed by atoms with Crippen molar-refractivity contribution in [2.24, 2.45) is 5.73 Å². The second-order valence-corrected chi connectivity index (χ2v) is 3.18. The van der Waals surface area contributed by atoms with Crippen molar-refractivity contribution in [3.05, 3.63) is 35.4 Å². The lowest BCUT2D eigenvalue weighted by molar-refractivity contribution is -0.115. The lowest BCUT2D eigenvalue weighted by atomic mass is 10.1. The van der Waals surface area contributed by atoms with Gasteiger partial charge in [-0.2, -0.15) is 0 Å². The van der Waals surface area contributed by atoms with Crippen LogP contribution in [0.25, 0.3) is 0 Å². The van der Waals surface area contributed by atoms with E-state index < -0.39 is 0 Å². The number of hydrogen-bond acceptors (Lipinski definition) is 3. The molecule has 1 aliphatic rings. The lowest BCUT2D eigenvalue weighted by Gasteiger charge is -1.90. The summed E-state index contributed by atoms with van der Waals surface area (Å²) in [7, 11) is 0. The molecular weight excluding hydrogens is 194 g/mol. The smallest absolute Gasteiger partial charge is 0.214 e. The predicted molar refractivity (Wildman–Crippen MR) is 54.6 cm³/mol. The van der Waals surface area contributed by atoms with E-state index in [0.717, 1.165) is 0 Å². The summed E-state index contributed by atoms with van der Waals surface area (Å²) >= 11 is 0. The lowest BCUT2D eigenvalue weighted by Crippen LogP contribution is -2.01. The van der Waals surface area contributed by atoms with Crippen LogP contribution in [-0.4, -0.2) is 17.5 Å². The number of carbonyl (C=O) groups excluding carboxylic acids is 3. The molecule has 0 aromatic heterocycles. The van der Waals surface area contributed by atoms with Crippen molar-refractivity contribution >= 4 is 17.5 Å². The van der Waals surface area contributed by atoms with E-state index in [1.807, 2.05) is 0 Å². The molecule has 1 aromatic rings. The molecule has 0 bridgehead atoms. The van der Waals surface area contributed by atoms with Crippen LogP contribution in [0.3, 0.4) is 0 Å². The predicted octanol–water partition coefficient (Wildman–Crippen LogP) is 0.947. The van der Waals surface area contributed by atoms with Crippen LogP contribution in [0, 0.1) is 0 Å². The minimum atomic E-state index is -0.333. The van der Waals surface area contributed by atoms with E-state index in [1.54, 1.807) is 24.3 Å². The van der Waals surface area contributed by atoms with Crippen molar-refractivity contribution in [1.82, 2.24) is 0 Å². The molecule has 0 fully saturated rings. The summed E-state index contributed by atoms with van der Waals surface area (Å²) in [5.41, 5.74) is 5.63. The fraction of sp³-hybridized carbons (Fsp3) is 0.182. The Morgan fingerprint density at radius 1 is 1.13 bits per heavy atom. The third-order valence-electron chi connectivity index (χ3n) is 1.85. The Morgan fingerprint density at radius 2 is 1.47 bits per heavy atom. The van der Waals surface area contributed by atoms with Crippen LogP contribution < -0.4 is 5.73 Å². The molecule has 4 heteroatoms. The zero-order valence-corrected chi connectivity index (χ0v) is 8.32. The van der Waals surface area contributed by atoms with Gasteiger partial charge in [0.05, 0.1) is 6.42 Å². The first-order valence-electron chi connectivity index (χ1n) is 4.44. The molecule has 1 aromatic carbocycles. The first-order chi connectivity index (χ1) is 7.02. The molecule has 0 saturated heterocycles. The van der Waals surface area contributed by atoms with Gasteiger partial charge in [0.2, 0.25) is 5.91 Å². The zero-order valence-electron chi connectivity index (χ0n) is 8.32. The molecule has 2 N–H and O–H groups in total. The van der Waals surface area contributed by atoms with Crippen molar-refractivity contribution in [2.75, 3.05) is 0 Å². The van der Waals surface area contributed by atoms with Crippen LogP contribution >= 0.6 is 0 Å². The van der Waals surface area contributed by atoms with Gasteiger partial charge < -0.3 is 5.73 Å². The summed E-state index contributed by atoms with van der Waals surface area (Å²) in [5.74, 6) is -0.434. The number of Topliss-reactive ketones (excluding diaryl/α,β-unsaturated/α-hetero) is 2. The summed E-state index contributed by atoms with van der Waals surface area (Å²) < 4.78 is 0. The SMILES string of the molecule is CC(N)=O.O=C1CC(=O)c2ccccc21. The molecule has 0 unspecified atom stereocenters. The van der Waals surface area contributed by atoms with E-state index >= 15 is 0 Å². The van der Waals surface area contributed by atoms with E-state index in [-0.39, 0.29) is 23.9 Å². The molecule has 1 aliphatic carbocycles. The highest BCUT2D eigenvalue weighted by molar-refractivity contribution is 6.24. The minimum absolute atomic E-state index is 0.0504. The topological polar surface area (TPSA) is 77.2 Å². The fourth-order valence-corrected chi connectivity index (χ4v) is 1.31. The summed E-state index contributed by atoms with van der Waals surface area (Å²) in [6.45, 7) is 1.31. The van der Waals surface area contributed by atoms with Crippen LogP contribution in [0.4, 0.5) is 0 Å². The summed E-state index contributed by atoms with van der Waals surface area (Å²) in [6, 6.07) is 6.94. The molecular formula is C11H11NO3. The number of primary amides is 1. The number of carbonyl (C=O) groups is 3. The van der Waals surface area contributed by atoms with Gasteiger partial charge >= 0.3 is 0 Å². The van der Waals surface area contributed by atoms with Gasteiger partial charge in [-0.25, -0.2) is 0 Å². The molecule has 0 heterocycles. The van der Waals surface area contributed by atoms with Gasteiger partial charge in [-0.15, -0.1) is 0 Å². The molecule has 0 spiro atoms. The fourth-order valence-electron chi connectivity index (χ4n) is 1.31. The van der Waals surface area contributed by atoms with E-state index in [2.05, 4.69) is 5.73 Å². The summed E-state index contributed by atoms with van der Waals surface area (Å²) in [6.07, 6.45) is 0.0549. The van der Waals surface area contributed by atoms with Gasteiger partial charge in [0.15, 0.2) is 11.6 Å². The van der Waals surface area contributed by atoms with Gasteiger partial charge in [0, 0.05) is 18.1 Å². The molecule has 0 saturated carbocycles. The van der Waals surface area contributed by atoms with Gasteiger partial charge in [-0.1, -0.05) is 24.3 Å². The van der Waals surface area contributed by atoms with Crippen LogP contribution in [0.2, 0.25) is 0 Å². The Balaban J connectivity index is 0.000000245. The molecule has 4 nitrogen and oxygen atoms in total. The van der Waals surface area contributed by atoms with Gasteiger partial charge in [-0.3, -0.25) is 14.4 Å². The quantitative estimate of drug-likeness (QED) is 0.640. The monoisotopic (exact) mass is 205 g/mol. The summed E-state index contributed by atoms with van der Waals surface area (Å²) in [5, 5.41) is 0. The molecule has 0 aliphatic heterocycles. The second-order valence-electron chi connectivity index (χ2n) is 3.18. The van der Waals surface area contributed by atoms with Crippen molar-refractivity contribution in [1.29, 1.82) is 0 Å². The Labute approximate surface area is 87.1 Å². The minimum Gasteiger partial charge on any atom is -0.370 e. The van der Waals surface area contributed by atoms with Crippen LogP contribution in [0.1, 0.15) is 34.1 Å². The average Bonchev–Trinajstić information content (AvgIpc) is 2.43. The third kappa shape index (κ3) is 2.74. The Morgan fingerprint density at radius 3 is 1.80 bits per heavy atom. The molecule has 1 amide bonds. The zero-order chi connectivity index (χ0) is 11.4. The van der Waals surface area contributed by atoms with Crippen molar-refractivity contribution < 1.29 is 14.4 Å². The van der Waals surface area contributed by atoms with Crippen LogP contribution in [-0.2, 0) is 4.79 Å². The number of hydrogen-bond donors (Lipinski definition) is 1. The van der Waals surface area contributed by atoms with E-state index in [1.165, 1.54) is 6.92 Å². The second kappa shape index (κ2) is 4.50. The van der Waals surface area contributed by atoms with Crippen molar-refractivity contribution in [2.45, 2.75) is 13.3 Å². The van der Waals surface area contributed by atoms with Gasteiger partial charge in [0.25, 0.3) is 0 Å². The van der Waals surface area contributed by atoms with E-state index in [9.17, 15) is 14.4 Å². The number of amides is 1. The number of fused-ring (bicyclic) bond motifs is 1. The Hall–Kier alpha value is -1.97. The molecule has 0 atom stereocenters. The molecule has 2 rings (SSSR count). The maximum Gasteiger partial charge on any atom is 0.214 e. The number of ketones is 2. The first-order valence-corrected chi connectivity index (χ1v) is 4.44. The normalized spacial score (nSPS) is 12.9. The van der Waals surface area contributed by atoms with Gasteiger partial charge in [0.1, 0.15) is 0 Å². The van der Waals surface area contributed by atoms with Crippen LogP contribution in [0.5, 0.6) is 0 Å². The van der Waals surface area contributed by atoms with Crippen LogP contribution in [0.15, 0.2) is 24.3 Å². The summed E-state index contributed by atoms with van der Waals surface area (Å²) in [4.78, 5) is 31.3. The molecule has 0 radical (unpaired) electrons. The van der Waals surface area contributed by atoms with Crippen molar-refractivity contribution in [3.63, 3.8) is 0 Å².